The van der Waals surface area contributed by atoms with Crippen LogP contribution < -0.4 is 5.73 Å². The van der Waals surface area contributed by atoms with E-state index >= 15 is 0 Å². The Morgan fingerprint density at radius 3 is 2.40 bits per heavy atom. The maximum atomic E-state index is 11.0. The number of nitrogens with two attached hydrogens (primary N) is 1. The van der Waals surface area contributed by atoms with E-state index in [4.69, 9.17) is 0 Å². The average Bonchev–Trinajstić information content (AvgIpc) is 2.48. The highest BCUT2D eigenvalue weighted by molar-refractivity contribution is 7.92. The number of amides is 1. The molecule has 0 radical (unpaired) electrons. The summed E-state index contributed by atoms with van der Waals surface area (Å²) in [5.41, 5.74) is 4.58. The Bertz CT molecular complexity index is 504. The number of carbonyl (C=O) groups is 2. The zero-order valence-electron chi connectivity index (χ0n) is 7.33. The van der Waals surface area contributed by atoms with Gasteiger partial charge in [-0.1, -0.05) is 11.3 Å². The highest BCUT2D eigenvalue weighted by Crippen LogP contribution is 2.15. The zero-order valence-corrected chi connectivity index (χ0v) is 8.96. The molecule has 0 saturated heterocycles. The molecule has 0 aliphatic carbocycles. The molecule has 1 amide bonds. The van der Waals surface area contributed by atoms with Crippen LogP contribution in [0.1, 0.15) is 9.80 Å². The maximum Gasteiger partial charge on any atom is 0.412 e. The Labute approximate surface area is 88.0 Å². The van der Waals surface area contributed by atoms with Crippen molar-refractivity contribution in [3.8, 4) is 0 Å². The van der Waals surface area contributed by atoms with Crippen molar-refractivity contribution in [2.75, 3.05) is 6.26 Å². The van der Waals surface area contributed by atoms with Gasteiger partial charge in [-0.3, -0.25) is 0 Å². The van der Waals surface area contributed by atoms with E-state index in [1.165, 1.54) is 0 Å². The van der Waals surface area contributed by atoms with Crippen molar-refractivity contribution in [3.63, 3.8) is 0 Å². The number of esters is 1. The lowest BCUT2D eigenvalue weighted by Crippen LogP contribution is -2.18. The minimum atomic E-state index is -3.52. The Morgan fingerprint density at radius 2 is 2.00 bits per heavy atom. The second-order valence-electron chi connectivity index (χ2n) is 2.35. The van der Waals surface area contributed by atoms with Crippen LogP contribution in [0.25, 0.3) is 0 Å². The lowest BCUT2D eigenvalue weighted by Gasteiger charge is -1.92. The van der Waals surface area contributed by atoms with Gasteiger partial charge in [-0.15, -0.1) is 10.2 Å². The molecule has 1 heterocycles. The number of aromatic nitrogens is 2. The first-order valence-corrected chi connectivity index (χ1v) is 6.06. The number of nitrogens with zero attached hydrogens (tertiary/aromatic N) is 2. The Balaban J connectivity index is 2.95. The van der Waals surface area contributed by atoms with E-state index in [1.54, 1.807) is 0 Å². The summed E-state index contributed by atoms with van der Waals surface area (Å²) in [6.45, 7) is 0. The van der Waals surface area contributed by atoms with E-state index < -0.39 is 21.9 Å². The molecule has 1 rings (SSSR count). The number of hydrogen-bond acceptors (Lipinski definition) is 8. The summed E-state index contributed by atoms with van der Waals surface area (Å²) >= 11 is 0.497. The predicted octanol–water partition coefficient (Wildman–Crippen LogP) is -0.823. The van der Waals surface area contributed by atoms with Crippen LogP contribution in [0.3, 0.4) is 0 Å². The van der Waals surface area contributed by atoms with Crippen LogP contribution in [0.2, 0.25) is 0 Å². The number of ether oxygens (including phenoxy) is 1. The summed E-state index contributed by atoms with van der Waals surface area (Å²) in [5, 5.41) is 6.13. The molecular formula is C5H5N3O5S2. The number of hydrogen-bond donors (Lipinski definition) is 1. The largest absolute Gasteiger partial charge is 0.412 e. The minimum Gasteiger partial charge on any atom is -0.371 e. The molecule has 0 spiro atoms. The molecule has 0 aromatic carbocycles. The lowest BCUT2D eigenvalue weighted by molar-refractivity contribution is 0.0637. The molecule has 1 aromatic rings. The van der Waals surface area contributed by atoms with E-state index in [0.29, 0.717) is 11.3 Å². The summed E-state index contributed by atoms with van der Waals surface area (Å²) in [5.74, 6) is -1.13. The Kier molecular flexibility index (Phi) is 3.00. The van der Waals surface area contributed by atoms with Crippen molar-refractivity contribution < 1.29 is 22.7 Å². The first-order chi connectivity index (χ1) is 6.80. The number of primary amides is 1. The number of rotatable bonds is 2. The van der Waals surface area contributed by atoms with Gasteiger partial charge in [-0.25, -0.2) is 18.0 Å². The first kappa shape index (κ1) is 11.5. The van der Waals surface area contributed by atoms with Gasteiger partial charge in [0.1, 0.15) is 0 Å². The highest BCUT2D eigenvalue weighted by Gasteiger charge is 2.20. The van der Waals surface area contributed by atoms with Crippen LogP contribution in [0.4, 0.5) is 4.79 Å². The van der Waals surface area contributed by atoms with E-state index in [2.05, 4.69) is 20.7 Å². The van der Waals surface area contributed by atoms with Crippen LogP contribution in [0, 0.1) is 0 Å². The SMILES string of the molecule is CS(=O)(=O)c1nnc(C(=O)OC(N)=O)s1. The van der Waals surface area contributed by atoms with Crippen molar-refractivity contribution in [2.45, 2.75) is 4.34 Å². The van der Waals surface area contributed by atoms with Gasteiger partial charge in [-0.2, -0.15) is 0 Å². The van der Waals surface area contributed by atoms with Gasteiger partial charge in [0.2, 0.25) is 19.2 Å². The number of carbonyl (C=O) groups excluding carboxylic acids is 2. The summed E-state index contributed by atoms with van der Waals surface area (Å²) < 4.78 is 25.6. The molecule has 1 aromatic heterocycles. The number of sulfone groups is 1. The van der Waals surface area contributed by atoms with E-state index in [0.717, 1.165) is 6.26 Å². The fraction of sp³-hybridized carbons (Fsp3) is 0.200. The second-order valence-corrected chi connectivity index (χ2v) is 5.52. The molecule has 0 bridgehead atoms. The van der Waals surface area contributed by atoms with Gasteiger partial charge < -0.3 is 10.5 Å². The van der Waals surface area contributed by atoms with Gasteiger partial charge in [0.05, 0.1) is 0 Å². The quantitative estimate of drug-likeness (QED) is 0.536. The average molecular weight is 251 g/mol. The minimum absolute atomic E-state index is 0.334. The van der Waals surface area contributed by atoms with Gasteiger partial charge in [0, 0.05) is 6.26 Å². The van der Waals surface area contributed by atoms with E-state index in [1.807, 2.05) is 0 Å². The summed E-state index contributed by atoms with van der Waals surface area (Å²) in [6, 6.07) is 0. The van der Waals surface area contributed by atoms with Crippen LogP contribution in [-0.2, 0) is 14.6 Å². The lowest BCUT2D eigenvalue weighted by atomic mass is 10.7. The summed E-state index contributed by atoms with van der Waals surface area (Å²) in [7, 11) is -3.52. The maximum absolute atomic E-state index is 11.0. The van der Waals surface area contributed by atoms with E-state index in [9.17, 15) is 18.0 Å². The second kappa shape index (κ2) is 3.90. The molecule has 0 fully saturated rings. The van der Waals surface area contributed by atoms with Gasteiger partial charge in [0.25, 0.3) is 0 Å². The monoisotopic (exact) mass is 251 g/mol. The molecule has 8 nitrogen and oxygen atoms in total. The van der Waals surface area contributed by atoms with E-state index in [-0.39, 0.29) is 9.35 Å². The van der Waals surface area contributed by atoms with Crippen LogP contribution >= 0.6 is 11.3 Å². The predicted molar refractivity (Wildman–Crippen MR) is 48.0 cm³/mol. The molecule has 2 N–H and O–H groups in total. The zero-order chi connectivity index (χ0) is 11.6. The highest BCUT2D eigenvalue weighted by atomic mass is 32.2. The van der Waals surface area contributed by atoms with Crippen LogP contribution in [0.15, 0.2) is 4.34 Å². The fourth-order valence-electron chi connectivity index (χ4n) is 0.577. The van der Waals surface area contributed by atoms with Crippen molar-refractivity contribution in [2.24, 2.45) is 5.73 Å². The Morgan fingerprint density at radius 1 is 1.40 bits per heavy atom. The fourth-order valence-corrected chi connectivity index (χ4v) is 2.06. The van der Waals surface area contributed by atoms with Gasteiger partial charge in [0.15, 0.2) is 0 Å². The first-order valence-electron chi connectivity index (χ1n) is 3.36. The van der Waals surface area contributed by atoms with Crippen molar-refractivity contribution in [3.05, 3.63) is 5.01 Å². The molecular weight excluding hydrogens is 246 g/mol. The third-order valence-corrected chi connectivity index (χ3v) is 3.66. The smallest absolute Gasteiger partial charge is 0.371 e. The van der Waals surface area contributed by atoms with Gasteiger partial charge in [-0.05, 0) is 0 Å². The topological polar surface area (TPSA) is 129 Å². The van der Waals surface area contributed by atoms with Crippen LogP contribution in [0.5, 0.6) is 0 Å². The summed E-state index contributed by atoms with van der Waals surface area (Å²) in [4.78, 5) is 21.2. The summed E-state index contributed by atoms with van der Waals surface area (Å²) in [6.07, 6.45) is -0.382. The van der Waals surface area contributed by atoms with Crippen molar-refractivity contribution >= 4 is 33.2 Å². The third-order valence-electron chi connectivity index (χ3n) is 1.09. The van der Waals surface area contributed by atoms with Crippen molar-refractivity contribution in [1.29, 1.82) is 0 Å². The van der Waals surface area contributed by atoms with Crippen molar-refractivity contribution in [1.82, 2.24) is 10.2 Å². The Hall–Kier alpha value is -1.55. The molecule has 10 heteroatoms. The molecule has 15 heavy (non-hydrogen) atoms. The van der Waals surface area contributed by atoms with Gasteiger partial charge >= 0.3 is 12.1 Å². The molecule has 0 aliphatic heterocycles. The molecule has 0 saturated carbocycles. The molecule has 0 atom stereocenters. The third kappa shape index (κ3) is 2.95. The molecule has 82 valence electrons. The van der Waals surface area contributed by atoms with Crippen LogP contribution in [-0.4, -0.2) is 36.9 Å². The molecule has 0 unspecified atom stereocenters. The standard InChI is InChI=1S/C5H5N3O5S2/c1-15(11,12)5-8-7-2(14-5)3(9)13-4(6)10/h1H3,(H2,6,10). The molecule has 0 aliphatic rings. The normalized spacial score (nSPS) is 11.0.